The minimum atomic E-state index is -0.677. The number of halogens is 1. The number of amides is 1. The van der Waals surface area contributed by atoms with Crippen LogP contribution >= 0.6 is 0 Å². The average molecular weight is 463 g/mol. The van der Waals surface area contributed by atoms with Crippen molar-refractivity contribution in [1.29, 1.82) is 0 Å². The number of methoxy groups -OCH3 is 1. The Bertz CT molecular complexity index is 1180. The topological polar surface area (TPSA) is 82.1 Å². The van der Waals surface area contributed by atoms with E-state index in [1.807, 2.05) is 0 Å². The number of ether oxygens (including phenoxy) is 3. The molecule has 0 saturated carbocycles. The maximum absolute atomic E-state index is 13.0. The fourth-order valence-corrected chi connectivity index (χ4v) is 3.56. The van der Waals surface area contributed by atoms with Crippen molar-refractivity contribution in [3.05, 3.63) is 84.2 Å². The van der Waals surface area contributed by atoms with Crippen LogP contribution in [0.3, 0.4) is 0 Å². The van der Waals surface area contributed by atoms with Gasteiger partial charge in [-0.15, -0.1) is 0 Å². The molecule has 0 aromatic heterocycles. The third kappa shape index (κ3) is 5.40. The van der Waals surface area contributed by atoms with Gasteiger partial charge in [0.05, 0.1) is 13.0 Å². The molecular formula is C26H22FNO6. The summed E-state index contributed by atoms with van der Waals surface area (Å²) in [5, 5.41) is 0. The summed E-state index contributed by atoms with van der Waals surface area (Å²) < 4.78 is 29.0. The molecule has 0 N–H and O–H groups in total. The Balaban J connectivity index is 1.32. The van der Waals surface area contributed by atoms with Crippen molar-refractivity contribution in [3.8, 4) is 17.2 Å². The molecule has 34 heavy (non-hydrogen) atoms. The number of benzene rings is 3. The highest BCUT2D eigenvalue weighted by molar-refractivity contribution is 6.01. The predicted molar refractivity (Wildman–Crippen MR) is 122 cm³/mol. The summed E-state index contributed by atoms with van der Waals surface area (Å²) in [5.41, 5.74) is 0.875. The van der Waals surface area contributed by atoms with Crippen LogP contribution in [0.15, 0.2) is 72.8 Å². The first-order chi connectivity index (χ1) is 16.4. The Hall–Kier alpha value is -4.20. The summed E-state index contributed by atoms with van der Waals surface area (Å²) >= 11 is 0. The lowest BCUT2D eigenvalue weighted by atomic mass is 10.1. The monoisotopic (exact) mass is 463 g/mol. The summed E-state index contributed by atoms with van der Waals surface area (Å²) in [4.78, 5) is 38.5. The second kappa shape index (κ2) is 10.2. The van der Waals surface area contributed by atoms with Gasteiger partial charge in [0.2, 0.25) is 5.91 Å². The average Bonchev–Trinajstić information content (AvgIpc) is 3.25. The third-order valence-electron chi connectivity index (χ3n) is 5.41. The summed E-state index contributed by atoms with van der Waals surface area (Å²) in [5.74, 6) is -0.451. The van der Waals surface area contributed by atoms with E-state index in [-0.39, 0.29) is 24.4 Å². The molecule has 0 unspecified atom stereocenters. The van der Waals surface area contributed by atoms with Crippen molar-refractivity contribution in [2.24, 2.45) is 5.92 Å². The van der Waals surface area contributed by atoms with E-state index in [0.29, 0.717) is 17.2 Å². The molecule has 1 fully saturated rings. The zero-order valence-electron chi connectivity index (χ0n) is 18.4. The highest BCUT2D eigenvalue weighted by atomic mass is 19.1. The van der Waals surface area contributed by atoms with Gasteiger partial charge in [-0.3, -0.25) is 14.4 Å². The van der Waals surface area contributed by atoms with Gasteiger partial charge in [-0.1, -0.05) is 0 Å². The van der Waals surface area contributed by atoms with Gasteiger partial charge in [0.15, 0.2) is 12.4 Å². The maximum atomic E-state index is 13.0. The zero-order chi connectivity index (χ0) is 24.1. The summed E-state index contributed by atoms with van der Waals surface area (Å²) in [6.07, 6.45) is -0.00628. The van der Waals surface area contributed by atoms with E-state index in [0.717, 1.165) is 17.9 Å². The number of rotatable bonds is 8. The highest BCUT2D eigenvalue weighted by Crippen LogP contribution is 2.29. The number of carbonyl (C=O) groups is 3. The second-order valence-corrected chi connectivity index (χ2v) is 7.71. The number of carbonyl (C=O) groups excluding carboxylic acids is 3. The second-order valence-electron chi connectivity index (χ2n) is 7.71. The smallest absolute Gasteiger partial charge is 0.311 e. The first-order valence-corrected chi connectivity index (χ1v) is 10.6. The Labute approximate surface area is 195 Å². The maximum Gasteiger partial charge on any atom is 0.311 e. The molecule has 1 atom stereocenters. The number of nitrogens with zero attached hydrogens (tertiary/aromatic N) is 1. The molecule has 0 radical (unpaired) electrons. The first kappa shape index (κ1) is 23.0. The van der Waals surface area contributed by atoms with Gasteiger partial charge in [0.1, 0.15) is 23.1 Å². The largest absolute Gasteiger partial charge is 0.497 e. The Morgan fingerprint density at radius 3 is 2.12 bits per heavy atom. The van der Waals surface area contributed by atoms with Crippen LogP contribution in [0, 0.1) is 11.7 Å². The van der Waals surface area contributed by atoms with Crippen LogP contribution in [-0.2, 0) is 14.3 Å². The number of ketones is 1. The molecule has 3 aromatic rings. The quantitative estimate of drug-likeness (QED) is 0.364. The van der Waals surface area contributed by atoms with Crippen molar-refractivity contribution in [2.45, 2.75) is 6.42 Å². The van der Waals surface area contributed by atoms with Gasteiger partial charge >= 0.3 is 5.97 Å². The van der Waals surface area contributed by atoms with Gasteiger partial charge in [-0.25, -0.2) is 4.39 Å². The van der Waals surface area contributed by atoms with E-state index >= 15 is 0 Å². The Kier molecular flexibility index (Phi) is 6.87. The fraction of sp³-hybridized carbons (Fsp3) is 0.192. The van der Waals surface area contributed by atoms with Crippen molar-refractivity contribution < 1.29 is 33.0 Å². The predicted octanol–water partition coefficient (Wildman–Crippen LogP) is 4.41. The normalized spacial score (nSPS) is 15.2. The molecule has 0 aliphatic carbocycles. The lowest BCUT2D eigenvalue weighted by molar-refractivity contribution is -0.147. The van der Waals surface area contributed by atoms with E-state index in [4.69, 9.17) is 14.2 Å². The Morgan fingerprint density at radius 2 is 1.50 bits per heavy atom. The van der Waals surface area contributed by atoms with Gasteiger partial charge in [0, 0.05) is 24.2 Å². The number of esters is 1. The number of hydrogen-bond acceptors (Lipinski definition) is 6. The molecule has 1 amide bonds. The van der Waals surface area contributed by atoms with Crippen molar-refractivity contribution in [3.63, 3.8) is 0 Å². The van der Waals surface area contributed by atoms with Crippen LogP contribution < -0.4 is 14.4 Å². The summed E-state index contributed by atoms with van der Waals surface area (Å²) in [7, 11) is 1.59. The molecule has 3 aromatic carbocycles. The first-order valence-electron chi connectivity index (χ1n) is 10.6. The third-order valence-corrected chi connectivity index (χ3v) is 5.41. The minimum Gasteiger partial charge on any atom is -0.497 e. The van der Waals surface area contributed by atoms with Crippen LogP contribution in [0.25, 0.3) is 0 Å². The zero-order valence-corrected chi connectivity index (χ0v) is 18.4. The van der Waals surface area contributed by atoms with E-state index in [9.17, 15) is 18.8 Å². The van der Waals surface area contributed by atoms with Crippen molar-refractivity contribution in [2.75, 3.05) is 25.2 Å². The van der Waals surface area contributed by atoms with Gasteiger partial charge in [-0.2, -0.15) is 0 Å². The lowest BCUT2D eigenvalue weighted by Crippen LogP contribution is -2.27. The molecule has 1 saturated heterocycles. The standard InChI is InChI=1S/C26H22FNO6/c1-32-21-10-12-23(13-11-21)34-22-8-6-20(7-9-22)28-15-18(14-25(28)30)26(31)33-16-24(29)17-2-4-19(27)5-3-17/h2-13,18H,14-16H2,1H3/t18-/m0/s1. The molecule has 174 valence electrons. The van der Waals surface area contributed by atoms with E-state index in [1.165, 1.54) is 17.0 Å². The molecule has 7 nitrogen and oxygen atoms in total. The van der Waals surface area contributed by atoms with E-state index < -0.39 is 30.1 Å². The van der Waals surface area contributed by atoms with E-state index in [2.05, 4.69) is 0 Å². The number of hydrogen-bond donors (Lipinski definition) is 0. The summed E-state index contributed by atoms with van der Waals surface area (Å²) in [6, 6.07) is 19.1. The van der Waals surface area contributed by atoms with Gasteiger partial charge in [-0.05, 0) is 72.8 Å². The fourth-order valence-electron chi connectivity index (χ4n) is 3.56. The molecule has 0 bridgehead atoms. The molecule has 8 heteroatoms. The van der Waals surface area contributed by atoms with Crippen molar-refractivity contribution >= 4 is 23.3 Å². The number of Topliss-reactive ketones (excluding diaryl/α,β-unsaturated/α-hetero) is 1. The van der Waals surface area contributed by atoms with Crippen LogP contribution in [0.5, 0.6) is 17.2 Å². The van der Waals surface area contributed by atoms with Crippen LogP contribution in [-0.4, -0.2) is 37.9 Å². The molecule has 4 rings (SSSR count). The molecule has 1 aliphatic heterocycles. The molecule has 1 aliphatic rings. The van der Waals surface area contributed by atoms with Gasteiger partial charge in [0.25, 0.3) is 0 Å². The van der Waals surface area contributed by atoms with Crippen LogP contribution in [0.2, 0.25) is 0 Å². The SMILES string of the molecule is COc1ccc(Oc2ccc(N3C[C@@H](C(=O)OCC(=O)c4ccc(F)cc4)CC3=O)cc2)cc1. The molecule has 0 spiro atoms. The summed E-state index contributed by atoms with van der Waals surface area (Å²) in [6.45, 7) is -0.312. The van der Waals surface area contributed by atoms with Crippen LogP contribution in [0.4, 0.5) is 10.1 Å². The minimum absolute atomic E-state index is 0.00628. The molecule has 1 heterocycles. The van der Waals surface area contributed by atoms with Crippen LogP contribution in [0.1, 0.15) is 16.8 Å². The lowest BCUT2D eigenvalue weighted by Gasteiger charge is -2.17. The van der Waals surface area contributed by atoms with E-state index in [1.54, 1.807) is 55.6 Å². The van der Waals surface area contributed by atoms with Crippen molar-refractivity contribution in [1.82, 2.24) is 0 Å². The molecular weight excluding hydrogens is 441 g/mol. The van der Waals surface area contributed by atoms with Gasteiger partial charge < -0.3 is 19.1 Å². The Morgan fingerprint density at radius 1 is 0.912 bits per heavy atom. The number of anilines is 1. The highest BCUT2D eigenvalue weighted by Gasteiger charge is 2.36.